The molecular weight excluding hydrogens is 406 g/mol. The highest BCUT2D eigenvalue weighted by atomic mass is 16.5. The fourth-order valence-electron chi connectivity index (χ4n) is 4.51. The van der Waals surface area contributed by atoms with Gasteiger partial charge in [0.25, 0.3) is 0 Å². The van der Waals surface area contributed by atoms with Gasteiger partial charge in [-0.1, -0.05) is 30.3 Å². The lowest BCUT2D eigenvalue weighted by Crippen LogP contribution is -2.32. The Kier molecular flexibility index (Phi) is 6.37. The van der Waals surface area contributed by atoms with E-state index in [1.54, 1.807) is 25.4 Å². The lowest BCUT2D eigenvalue weighted by molar-refractivity contribution is -0.139. The van der Waals surface area contributed by atoms with Gasteiger partial charge in [0.15, 0.2) is 0 Å². The van der Waals surface area contributed by atoms with Gasteiger partial charge in [-0.3, -0.25) is 4.98 Å². The molecule has 0 amide bonds. The number of nitrogens with one attached hydrogen (secondary N) is 2. The number of methoxy groups -OCH3 is 1. The van der Waals surface area contributed by atoms with Crippen LogP contribution >= 0.6 is 0 Å². The van der Waals surface area contributed by atoms with E-state index in [2.05, 4.69) is 27.8 Å². The summed E-state index contributed by atoms with van der Waals surface area (Å²) in [5.74, 6) is -1.56. The van der Waals surface area contributed by atoms with E-state index in [9.17, 15) is 9.59 Å². The number of hydrogen-bond acceptors (Lipinski definition) is 7. The number of nitrogens with zero attached hydrogens (tertiary/aromatic N) is 1. The largest absolute Gasteiger partial charge is 0.466 e. The van der Waals surface area contributed by atoms with Crippen LogP contribution in [0.25, 0.3) is 0 Å². The van der Waals surface area contributed by atoms with Crippen LogP contribution < -0.4 is 10.6 Å². The predicted molar refractivity (Wildman–Crippen MR) is 119 cm³/mol. The average molecular weight is 434 g/mol. The molecule has 166 valence electrons. The Morgan fingerprint density at radius 3 is 2.53 bits per heavy atom. The molecule has 0 aliphatic carbocycles. The number of benzene rings is 1. The number of pyridine rings is 1. The Morgan fingerprint density at radius 2 is 1.81 bits per heavy atom. The minimum atomic E-state index is -0.616. The molecule has 7 nitrogen and oxygen atoms in total. The zero-order chi connectivity index (χ0) is 22.7. The van der Waals surface area contributed by atoms with Crippen LogP contribution in [0.5, 0.6) is 0 Å². The first-order valence-electron chi connectivity index (χ1n) is 10.7. The number of fused-ring (bicyclic) bond motifs is 1. The molecule has 2 aliphatic heterocycles. The van der Waals surface area contributed by atoms with Crippen LogP contribution in [0.3, 0.4) is 0 Å². The third-order valence-electron chi connectivity index (χ3n) is 6.01. The zero-order valence-corrected chi connectivity index (χ0v) is 18.5. The normalized spacial score (nSPS) is 20.0. The molecule has 3 heterocycles. The van der Waals surface area contributed by atoms with Gasteiger partial charge in [0.1, 0.15) is 0 Å². The molecule has 0 fully saturated rings. The minimum Gasteiger partial charge on any atom is -0.466 e. The third kappa shape index (κ3) is 4.16. The second-order valence-corrected chi connectivity index (χ2v) is 7.97. The Labute approximate surface area is 187 Å². The molecule has 7 heteroatoms. The monoisotopic (exact) mass is 433 g/mol. The van der Waals surface area contributed by atoms with Gasteiger partial charge in [0, 0.05) is 42.8 Å². The second-order valence-electron chi connectivity index (χ2n) is 7.97. The average Bonchev–Trinajstić information content (AvgIpc) is 3.21. The maximum atomic E-state index is 13.2. The van der Waals surface area contributed by atoms with Gasteiger partial charge in [-0.25, -0.2) is 9.59 Å². The quantitative estimate of drug-likeness (QED) is 0.676. The summed E-state index contributed by atoms with van der Waals surface area (Å²) in [4.78, 5) is 30.0. The molecule has 1 aromatic heterocycles. The van der Waals surface area contributed by atoms with Crippen molar-refractivity contribution in [2.45, 2.75) is 38.8 Å². The number of hydrogen-bond donors (Lipinski definition) is 2. The number of carbonyl (C=O) groups is 2. The van der Waals surface area contributed by atoms with E-state index in [0.29, 0.717) is 29.0 Å². The summed E-state index contributed by atoms with van der Waals surface area (Å²) in [6.07, 6.45) is 3.98. The highest BCUT2D eigenvalue weighted by Gasteiger charge is 2.38. The Bertz CT molecular complexity index is 1090. The van der Waals surface area contributed by atoms with Crippen molar-refractivity contribution in [2.24, 2.45) is 0 Å². The van der Waals surface area contributed by atoms with Crippen LogP contribution in [0, 0.1) is 0 Å². The SMILES string of the molecule is COC(=O)C1=C(C)NC(C)=C(C(=O)OCCC2NCc3ccccc32)C1c1cccnc1. The van der Waals surface area contributed by atoms with E-state index in [0.717, 1.165) is 12.1 Å². The zero-order valence-electron chi connectivity index (χ0n) is 18.5. The lowest BCUT2D eigenvalue weighted by atomic mass is 9.81. The van der Waals surface area contributed by atoms with Crippen LogP contribution in [-0.4, -0.2) is 30.6 Å². The van der Waals surface area contributed by atoms with E-state index in [1.165, 1.54) is 18.2 Å². The number of allylic oxidation sites excluding steroid dienone is 2. The molecule has 32 heavy (non-hydrogen) atoms. The molecule has 2 aromatic rings. The summed E-state index contributed by atoms with van der Waals surface area (Å²) < 4.78 is 10.7. The van der Waals surface area contributed by atoms with Crippen molar-refractivity contribution in [3.63, 3.8) is 0 Å². The highest BCUT2D eigenvalue weighted by Crippen LogP contribution is 2.39. The first-order valence-corrected chi connectivity index (χ1v) is 10.7. The topological polar surface area (TPSA) is 89.5 Å². The van der Waals surface area contributed by atoms with Crippen molar-refractivity contribution in [2.75, 3.05) is 13.7 Å². The van der Waals surface area contributed by atoms with Crippen molar-refractivity contribution in [1.29, 1.82) is 0 Å². The minimum absolute atomic E-state index is 0.153. The van der Waals surface area contributed by atoms with Crippen molar-refractivity contribution >= 4 is 11.9 Å². The van der Waals surface area contributed by atoms with E-state index in [4.69, 9.17) is 9.47 Å². The van der Waals surface area contributed by atoms with Crippen molar-refractivity contribution < 1.29 is 19.1 Å². The molecule has 2 N–H and O–H groups in total. The molecular formula is C25H27N3O4. The van der Waals surface area contributed by atoms with Gasteiger partial charge in [-0.15, -0.1) is 0 Å². The summed E-state index contributed by atoms with van der Waals surface area (Å²) in [6.45, 7) is 4.69. The van der Waals surface area contributed by atoms with Gasteiger partial charge in [0.2, 0.25) is 0 Å². The number of ether oxygens (including phenoxy) is 2. The number of esters is 2. The highest BCUT2D eigenvalue weighted by molar-refractivity contribution is 5.99. The first kappa shape index (κ1) is 21.8. The molecule has 2 aliphatic rings. The predicted octanol–water partition coefficient (Wildman–Crippen LogP) is 3.27. The summed E-state index contributed by atoms with van der Waals surface area (Å²) in [5.41, 5.74) is 5.32. The summed E-state index contributed by atoms with van der Waals surface area (Å²) in [6, 6.07) is 12.0. The Hall–Kier alpha value is -3.45. The summed E-state index contributed by atoms with van der Waals surface area (Å²) in [5, 5.41) is 6.61. The number of aromatic nitrogens is 1. The fraction of sp³-hybridized carbons (Fsp3) is 0.320. The lowest BCUT2D eigenvalue weighted by Gasteiger charge is -2.30. The van der Waals surface area contributed by atoms with Crippen molar-refractivity contribution in [3.05, 3.63) is 88.0 Å². The van der Waals surface area contributed by atoms with Gasteiger partial charge in [0.05, 0.1) is 30.8 Å². The number of dihydropyridines is 1. The second kappa shape index (κ2) is 9.36. The first-order chi connectivity index (χ1) is 15.5. The van der Waals surface area contributed by atoms with Gasteiger partial charge in [-0.2, -0.15) is 0 Å². The van der Waals surface area contributed by atoms with Crippen molar-refractivity contribution in [3.8, 4) is 0 Å². The Balaban J connectivity index is 1.54. The molecule has 4 rings (SSSR count). The Morgan fingerprint density at radius 1 is 1.06 bits per heavy atom. The van der Waals surface area contributed by atoms with Crippen LogP contribution in [0.4, 0.5) is 0 Å². The summed E-state index contributed by atoms with van der Waals surface area (Å²) >= 11 is 0. The standard InChI is InChI=1S/C25H27N3O4/c1-15-21(24(29)31-3)23(18-8-6-11-26-13-18)22(16(2)28-15)25(30)32-12-10-20-19-9-5-4-7-17(19)14-27-20/h4-9,11,13,20,23,27-28H,10,12,14H2,1-3H3. The van der Waals surface area contributed by atoms with Gasteiger partial charge in [-0.05, 0) is 36.6 Å². The number of carbonyl (C=O) groups excluding carboxylic acids is 2. The number of rotatable bonds is 6. The van der Waals surface area contributed by atoms with E-state index >= 15 is 0 Å². The van der Waals surface area contributed by atoms with Crippen LogP contribution in [0.2, 0.25) is 0 Å². The van der Waals surface area contributed by atoms with E-state index in [-0.39, 0.29) is 12.6 Å². The maximum Gasteiger partial charge on any atom is 0.336 e. The third-order valence-corrected chi connectivity index (χ3v) is 6.01. The van der Waals surface area contributed by atoms with Crippen LogP contribution in [0.1, 0.15) is 48.9 Å². The smallest absolute Gasteiger partial charge is 0.336 e. The molecule has 1 aromatic carbocycles. The van der Waals surface area contributed by atoms with Gasteiger partial charge < -0.3 is 20.1 Å². The molecule has 0 saturated heterocycles. The summed E-state index contributed by atoms with van der Waals surface area (Å²) in [7, 11) is 1.33. The maximum absolute atomic E-state index is 13.2. The van der Waals surface area contributed by atoms with Crippen LogP contribution in [-0.2, 0) is 25.6 Å². The van der Waals surface area contributed by atoms with E-state index in [1.807, 2.05) is 25.1 Å². The van der Waals surface area contributed by atoms with Gasteiger partial charge >= 0.3 is 11.9 Å². The molecule has 2 atom stereocenters. The molecule has 0 bridgehead atoms. The van der Waals surface area contributed by atoms with Crippen molar-refractivity contribution in [1.82, 2.24) is 15.6 Å². The molecule has 2 unspecified atom stereocenters. The molecule has 0 radical (unpaired) electrons. The molecule has 0 spiro atoms. The van der Waals surface area contributed by atoms with E-state index < -0.39 is 17.9 Å². The van der Waals surface area contributed by atoms with Crippen LogP contribution in [0.15, 0.2) is 71.3 Å². The fourth-order valence-corrected chi connectivity index (χ4v) is 4.51. The molecule has 0 saturated carbocycles.